The van der Waals surface area contributed by atoms with Gasteiger partial charge in [-0.2, -0.15) is 0 Å². The van der Waals surface area contributed by atoms with Crippen LogP contribution in [0.2, 0.25) is 0 Å². The van der Waals surface area contributed by atoms with Crippen molar-refractivity contribution in [3.8, 4) is 5.75 Å². The Morgan fingerprint density at radius 3 is 2.94 bits per heavy atom. The van der Waals surface area contributed by atoms with Crippen LogP contribution in [0.5, 0.6) is 5.75 Å². The fourth-order valence-corrected chi connectivity index (χ4v) is 1.93. The highest BCUT2D eigenvalue weighted by molar-refractivity contribution is 5.30. The zero-order chi connectivity index (χ0) is 12.3. The van der Waals surface area contributed by atoms with E-state index in [4.69, 9.17) is 9.47 Å². The average Bonchev–Trinajstić information content (AvgIpc) is 2.32. The fraction of sp³-hybridized carbons (Fsp3) is 0.571. The van der Waals surface area contributed by atoms with E-state index in [0.29, 0.717) is 25.6 Å². The minimum atomic E-state index is -0.425. The molecule has 1 heterocycles. The third-order valence-corrected chi connectivity index (χ3v) is 3.08. The molecule has 0 saturated carbocycles. The van der Waals surface area contributed by atoms with Gasteiger partial charge in [0.05, 0.1) is 12.7 Å². The van der Waals surface area contributed by atoms with E-state index in [1.807, 2.05) is 18.2 Å². The maximum absolute atomic E-state index is 9.80. The molecule has 3 heteroatoms. The van der Waals surface area contributed by atoms with Crippen molar-refractivity contribution in [3.63, 3.8) is 0 Å². The van der Waals surface area contributed by atoms with Crippen molar-refractivity contribution >= 4 is 0 Å². The maximum Gasteiger partial charge on any atom is 0.148 e. The number of rotatable bonds is 3. The second kappa shape index (κ2) is 5.52. The highest BCUT2D eigenvalue weighted by Crippen LogP contribution is 2.22. The van der Waals surface area contributed by atoms with Crippen LogP contribution in [0.15, 0.2) is 24.3 Å². The normalized spacial score (nSPS) is 24.9. The lowest BCUT2D eigenvalue weighted by molar-refractivity contribution is -0.0735. The van der Waals surface area contributed by atoms with Crippen molar-refractivity contribution in [3.05, 3.63) is 29.8 Å². The van der Waals surface area contributed by atoms with Crippen LogP contribution in [-0.2, 0) is 4.74 Å². The van der Waals surface area contributed by atoms with Gasteiger partial charge in [-0.15, -0.1) is 0 Å². The first-order valence-electron chi connectivity index (χ1n) is 6.19. The lowest BCUT2D eigenvalue weighted by Crippen LogP contribution is -2.40. The Morgan fingerprint density at radius 1 is 1.41 bits per heavy atom. The smallest absolute Gasteiger partial charge is 0.148 e. The lowest BCUT2D eigenvalue weighted by Gasteiger charge is -2.28. The van der Waals surface area contributed by atoms with Crippen LogP contribution in [0.25, 0.3) is 0 Å². The summed E-state index contributed by atoms with van der Waals surface area (Å²) in [4.78, 5) is 0. The van der Waals surface area contributed by atoms with Gasteiger partial charge in [0.1, 0.15) is 11.9 Å². The lowest BCUT2D eigenvalue weighted by atomic mass is 10.0. The Kier molecular flexibility index (Phi) is 4.02. The summed E-state index contributed by atoms with van der Waals surface area (Å²) >= 11 is 0. The molecule has 1 aromatic carbocycles. The molecule has 17 heavy (non-hydrogen) atoms. The number of hydrogen-bond acceptors (Lipinski definition) is 3. The summed E-state index contributed by atoms with van der Waals surface area (Å²) in [5, 5.41) is 9.80. The summed E-state index contributed by atoms with van der Waals surface area (Å²) in [6, 6.07) is 8.03. The Morgan fingerprint density at radius 2 is 2.24 bits per heavy atom. The Labute approximate surface area is 102 Å². The SMILES string of the molecule is CC(C)c1cccc(OC2COCCC2O)c1. The quantitative estimate of drug-likeness (QED) is 0.875. The van der Waals surface area contributed by atoms with Crippen molar-refractivity contribution in [2.24, 2.45) is 0 Å². The molecule has 1 fully saturated rings. The number of aliphatic hydroxyl groups is 1. The van der Waals surface area contributed by atoms with Gasteiger partial charge in [-0.05, 0) is 23.6 Å². The van der Waals surface area contributed by atoms with Gasteiger partial charge in [0.25, 0.3) is 0 Å². The molecule has 94 valence electrons. The molecular formula is C14H20O3. The summed E-state index contributed by atoms with van der Waals surface area (Å²) in [5.41, 5.74) is 1.24. The topological polar surface area (TPSA) is 38.7 Å². The van der Waals surface area contributed by atoms with Crippen LogP contribution in [0.4, 0.5) is 0 Å². The van der Waals surface area contributed by atoms with Crippen LogP contribution in [0.1, 0.15) is 31.7 Å². The molecule has 1 aliphatic rings. The molecule has 0 bridgehead atoms. The highest BCUT2D eigenvalue weighted by Gasteiger charge is 2.25. The molecule has 0 aliphatic carbocycles. The van der Waals surface area contributed by atoms with Gasteiger partial charge < -0.3 is 14.6 Å². The molecule has 2 atom stereocenters. The number of ether oxygens (including phenoxy) is 2. The monoisotopic (exact) mass is 236 g/mol. The minimum absolute atomic E-state index is 0.244. The van der Waals surface area contributed by atoms with Crippen LogP contribution >= 0.6 is 0 Å². The van der Waals surface area contributed by atoms with E-state index >= 15 is 0 Å². The van der Waals surface area contributed by atoms with E-state index in [2.05, 4.69) is 19.9 Å². The molecule has 1 aromatic rings. The van der Waals surface area contributed by atoms with E-state index < -0.39 is 6.10 Å². The molecule has 1 aliphatic heterocycles. The third kappa shape index (κ3) is 3.20. The Balaban J connectivity index is 2.04. The average molecular weight is 236 g/mol. The van der Waals surface area contributed by atoms with E-state index in [1.165, 1.54) is 5.56 Å². The second-order valence-corrected chi connectivity index (χ2v) is 4.81. The molecule has 0 spiro atoms. The molecule has 2 unspecified atom stereocenters. The van der Waals surface area contributed by atoms with Crippen molar-refractivity contribution in [1.82, 2.24) is 0 Å². The van der Waals surface area contributed by atoms with Crippen molar-refractivity contribution in [2.45, 2.75) is 38.4 Å². The van der Waals surface area contributed by atoms with Gasteiger partial charge >= 0.3 is 0 Å². The van der Waals surface area contributed by atoms with Gasteiger partial charge in [-0.3, -0.25) is 0 Å². The first kappa shape index (κ1) is 12.4. The van der Waals surface area contributed by atoms with E-state index in [0.717, 1.165) is 5.75 Å². The molecular weight excluding hydrogens is 216 g/mol. The Hall–Kier alpha value is -1.06. The van der Waals surface area contributed by atoms with Gasteiger partial charge in [-0.1, -0.05) is 26.0 Å². The van der Waals surface area contributed by atoms with Crippen LogP contribution in [-0.4, -0.2) is 30.5 Å². The number of aliphatic hydroxyl groups excluding tert-OH is 1. The van der Waals surface area contributed by atoms with Gasteiger partial charge in [-0.25, -0.2) is 0 Å². The zero-order valence-electron chi connectivity index (χ0n) is 10.4. The second-order valence-electron chi connectivity index (χ2n) is 4.81. The molecule has 1 N–H and O–H groups in total. The largest absolute Gasteiger partial charge is 0.485 e. The van der Waals surface area contributed by atoms with Gasteiger partial charge in [0, 0.05) is 13.0 Å². The number of hydrogen-bond donors (Lipinski definition) is 1. The van der Waals surface area contributed by atoms with E-state index in [1.54, 1.807) is 0 Å². The van der Waals surface area contributed by atoms with Crippen LogP contribution in [0, 0.1) is 0 Å². The van der Waals surface area contributed by atoms with Crippen molar-refractivity contribution < 1.29 is 14.6 Å². The van der Waals surface area contributed by atoms with E-state index in [-0.39, 0.29) is 6.10 Å². The molecule has 3 nitrogen and oxygen atoms in total. The van der Waals surface area contributed by atoms with Crippen molar-refractivity contribution in [1.29, 1.82) is 0 Å². The van der Waals surface area contributed by atoms with Gasteiger partial charge in [0.2, 0.25) is 0 Å². The minimum Gasteiger partial charge on any atom is -0.485 e. The first-order valence-corrected chi connectivity index (χ1v) is 6.19. The highest BCUT2D eigenvalue weighted by atomic mass is 16.5. The first-order chi connectivity index (χ1) is 8.16. The summed E-state index contributed by atoms with van der Waals surface area (Å²) in [6.07, 6.45) is -0.0215. The van der Waals surface area contributed by atoms with Gasteiger partial charge in [0.15, 0.2) is 0 Å². The summed E-state index contributed by atoms with van der Waals surface area (Å²) < 4.78 is 11.1. The molecule has 1 saturated heterocycles. The van der Waals surface area contributed by atoms with Crippen LogP contribution in [0.3, 0.4) is 0 Å². The molecule has 0 amide bonds. The maximum atomic E-state index is 9.80. The Bertz CT molecular complexity index is 362. The molecule has 0 radical (unpaired) electrons. The predicted octanol–water partition coefficient (Wildman–Crippen LogP) is 2.34. The zero-order valence-corrected chi connectivity index (χ0v) is 10.4. The van der Waals surface area contributed by atoms with Crippen LogP contribution < -0.4 is 4.74 Å². The third-order valence-electron chi connectivity index (χ3n) is 3.08. The molecule has 2 rings (SSSR count). The predicted molar refractivity (Wildman–Crippen MR) is 66.4 cm³/mol. The standard InChI is InChI=1S/C14H20O3/c1-10(2)11-4-3-5-12(8-11)17-14-9-16-7-6-13(14)15/h3-5,8,10,13-15H,6-7,9H2,1-2H3. The summed E-state index contributed by atoms with van der Waals surface area (Å²) in [5.74, 6) is 1.29. The summed E-state index contributed by atoms with van der Waals surface area (Å²) in [7, 11) is 0. The summed E-state index contributed by atoms with van der Waals surface area (Å²) in [6.45, 7) is 5.38. The van der Waals surface area contributed by atoms with Crippen molar-refractivity contribution in [2.75, 3.05) is 13.2 Å². The molecule has 0 aromatic heterocycles. The fourth-order valence-electron chi connectivity index (χ4n) is 1.93. The number of benzene rings is 1. The van der Waals surface area contributed by atoms with E-state index in [9.17, 15) is 5.11 Å².